The molecule has 0 radical (unpaired) electrons. The highest BCUT2D eigenvalue weighted by Gasteiger charge is 2.50. The fourth-order valence-corrected chi connectivity index (χ4v) is 8.49. The second kappa shape index (κ2) is 8.81. The molecule has 6 heteroatoms. The van der Waals surface area contributed by atoms with E-state index in [0.717, 1.165) is 23.4 Å². The van der Waals surface area contributed by atoms with Gasteiger partial charge in [-0.1, -0.05) is 81.4 Å². The van der Waals surface area contributed by atoms with E-state index in [1.165, 1.54) is 0 Å². The predicted octanol–water partition coefficient (Wildman–Crippen LogP) is 5.38. The quantitative estimate of drug-likeness (QED) is 0.291. The number of carbonyl (C=O) groups is 1. The summed E-state index contributed by atoms with van der Waals surface area (Å²) in [6.07, 6.45) is 0. The molecule has 0 spiro atoms. The van der Waals surface area contributed by atoms with Gasteiger partial charge in [-0.05, 0) is 28.4 Å². The highest BCUT2D eigenvalue weighted by atomic mass is 28.4. The number of halogens is 3. The minimum Gasteiger partial charge on any atom is -0.403 e. The van der Waals surface area contributed by atoms with Gasteiger partial charge in [0.15, 0.2) is 23.2 Å². The van der Waals surface area contributed by atoms with Crippen molar-refractivity contribution in [2.75, 3.05) is 0 Å². The van der Waals surface area contributed by atoms with Crippen molar-refractivity contribution in [1.82, 2.24) is 0 Å². The number of ketones is 1. The van der Waals surface area contributed by atoms with Gasteiger partial charge < -0.3 is 4.43 Å². The summed E-state index contributed by atoms with van der Waals surface area (Å²) in [7, 11) is -3.00. The summed E-state index contributed by atoms with van der Waals surface area (Å²) >= 11 is 0. The molecule has 3 rings (SSSR count). The van der Waals surface area contributed by atoms with Crippen LogP contribution in [0.2, 0.25) is 5.04 Å². The van der Waals surface area contributed by atoms with Crippen molar-refractivity contribution in [3.05, 3.63) is 95.3 Å². The zero-order valence-corrected chi connectivity index (χ0v) is 19.0. The summed E-state index contributed by atoms with van der Waals surface area (Å²) < 4.78 is 49.3. The van der Waals surface area contributed by atoms with E-state index in [-0.39, 0.29) is 17.2 Å². The average Bonchev–Trinajstić information content (AvgIpc) is 2.74. The summed E-state index contributed by atoms with van der Waals surface area (Å²) in [4.78, 5) is 11.7. The van der Waals surface area contributed by atoms with E-state index in [4.69, 9.17) is 4.43 Å². The maximum Gasteiger partial charge on any atom is 0.261 e. The van der Waals surface area contributed by atoms with Crippen molar-refractivity contribution in [1.29, 1.82) is 0 Å². The maximum absolute atomic E-state index is 14.6. The van der Waals surface area contributed by atoms with Gasteiger partial charge in [-0.15, -0.1) is 0 Å². The monoisotopic (exact) mass is 442 g/mol. The van der Waals surface area contributed by atoms with Crippen LogP contribution in [0.1, 0.15) is 43.6 Å². The van der Waals surface area contributed by atoms with Crippen LogP contribution >= 0.6 is 0 Å². The second-order valence-electron chi connectivity index (χ2n) is 8.53. The zero-order chi connectivity index (χ0) is 22.8. The Morgan fingerprint density at radius 1 is 0.839 bits per heavy atom. The van der Waals surface area contributed by atoms with Crippen LogP contribution in [-0.2, 0) is 11.0 Å². The molecule has 0 aromatic heterocycles. The smallest absolute Gasteiger partial charge is 0.261 e. The normalized spacial score (nSPS) is 12.1. The summed E-state index contributed by atoms with van der Waals surface area (Å²) in [6.45, 7) is 6.99. The number of benzene rings is 3. The minimum atomic E-state index is -3.00. The molecule has 0 fully saturated rings. The molecular formula is C25H25F3O2Si. The molecule has 0 saturated heterocycles. The van der Waals surface area contributed by atoms with Gasteiger partial charge in [0.05, 0.1) is 12.2 Å². The zero-order valence-electron chi connectivity index (χ0n) is 18.0. The van der Waals surface area contributed by atoms with Crippen LogP contribution in [0.4, 0.5) is 13.2 Å². The molecule has 0 heterocycles. The lowest BCUT2D eigenvalue weighted by molar-refractivity contribution is 0.101. The molecule has 0 amide bonds. The first-order valence-corrected chi connectivity index (χ1v) is 11.9. The Labute approximate surface area is 181 Å². The topological polar surface area (TPSA) is 26.3 Å². The second-order valence-corrected chi connectivity index (χ2v) is 12.8. The molecule has 0 bridgehead atoms. The third-order valence-corrected chi connectivity index (χ3v) is 10.4. The summed E-state index contributed by atoms with van der Waals surface area (Å²) in [5, 5.41) is 1.58. The van der Waals surface area contributed by atoms with Crippen LogP contribution in [0.25, 0.3) is 0 Å². The Morgan fingerprint density at radius 3 is 1.74 bits per heavy atom. The first kappa shape index (κ1) is 23.0. The largest absolute Gasteiger partial charge is 0.403 e. The van der Waals surface area contributed by atoms with E-state index < -0.39 is 37.1 Å². The van der Waals surface area contributed by atoms with E-state index in [0.29, 0.717) is 0 Å². The Bertz CT molecular complexity index is 1040. The predicted molar refractivity (Wildman–Crippen MR) is 119 cm³/mol. The Balaban J connectivity index is 2.17. The first-order valence-electron chi connectivity index (χ1n) is 10.0. The van der Waals surface area contributed by atoms with E-state index in [1.807, 2.05) is 60.7 Å². The van der Waals surface area contributed by atoms with Crippen LogP contribution in [-0.4, -0.2) is 14.1 Å². The van der Waals surface area contributed by atoms with E-state index in [9.17, 15) is 18.0 Å². The number of rotatable bonds is 6. The Hall–Kier alpha value is -2.70. The standard InChI is InChI=1S/C25H25F3O2Si/c1-17(29)21-15-18(22(26)24(28)23(21)27)16-30-31(25(2,3)4,19-11-7-5-8-12-19)20-13-9-6-10-14-20/h5-15H,16H2,1-4H3. The van der Waals surface area contributed by atoms with E-state index in [2.05, 4.69) is 20.8 Å². The fourth-order valence-electron chi connectivity index (χ4n) is 3.97. The van der Waals surface area contributed by atoms with Gasteiger partial charge in [0, 0.05) is 5.56 Å². The number of Topliss-reactive ketones (excluding diaryl/α,β-unsaturated/α-hetero) is 1. The molecule has 2 nitrogen and oxygen atoms in total. The summed E-state index contributed by atoms with van der Waals surface area (Å²) in [6, 6.07) is 20.5. The first-order chi connectivity index (χ1) is 14.6. The van der Waals surface area contributed by atoms with Crippen LogP contribution < -0.4 is 10.4 Å². The Morgan fingerprint density at radius 2 is 1.32 bits per heavy atom. The average molecular weight is 443 g/mol. The maximum atomic E-state index is 14.6. The highest BCUT2D eigenvalue weighted by molar-refractivity contribution is 6.99. The van der Waals surface area contributed by atoms with Gasteiger partial charge >= 0.3 is 0 Å². The van der Waals surface area contributed by atoms with Crippen molar-refractivity contribution >= 4 is 24.5 Å². The lowest BCUT2D eigenvalue weighted by atomic mass is 10.1. The molecule has 0 aliphatic heterocycles. The van der Waals surface area contributed by atoms with Crippen molar-refractivity contribution in [3.8, 4) is 0 Å². The molecule has 3 aromatic carbocycles. The molecule has 0 aliphatic rings. The number of hydrogen-bond acceptors (Lipinski definition) is 2. The lowest BCUT2D eigenvalue weighted by Crippen LogP contribution is -2.66. The molecule has 162 valence electrons. The van der Waals surface area contributed by atoms with Gasteiger partial charge in [0.1, 0.15) is 0 Å². The van der Waals surface area contributed by atoms with Crippen LogP contribution in [0, 0.1) is 17.5 Å². The van der Waals surface area contributed by atoms with Gasteiger partial charge in [0.2, 0.25) is 0 Å². The molecule has 3 aromatic rings. The van der Waals surface area contributed by atoms with Crippen molar-refractivity contribution in [3.63, 3.8) is 0 Å². The number of carbonyl (C=O) groups excluding carboxylic acids is 1. The van der Waals surface area contributed by atoms with Gasteiger partial charge in [-0.3, -0.25) is 4.79 Å². The summed E-state index contributed by atoms with van der Waals surface area (Å²) in [5.74, 6) is -5.14. The highest BCUT2D eigenvalue weighted by Crippen LogP contribution is 2.37. The lowest BCUT2D eigenvalue weighted by Gasteiger charge is -2.43. The van der Waals surface area contributed by atoms with E-state index >= 15 is 0 Å². The molecule has 0 atom stereocenters. The molecule has 31 heavy (non-hydrogen) atoms. The Kier molecular flexibility index (Phi) is 6.53. The molecular weight excluding hydrogens is 417 g/mol. The van der Waals surface area contributed by atoms with Gasteiger partial charge in [-0.2, -0.15) is 0 Å². The third kappa shape index (κ3) is 4.23. The van der Waals surface area contributed by atoms with Crippen LogP contribution in [0.15, 0.2) is 66.7 Å². The third-order valence-electron chi connectivity index (χ3n) is 5.46. The fraction of sp³-hybridized carbons (Fsp3) is 0.240. The SMILES string of the molecule is CC(=O)c1cc(CO[Si](c2ccccc2)(c2ccccc2)C(C)(C)C)c(F)c(F)c1F. The molecule has 0 aliphatic carbocycles. The van der Waals surface area contributed by atoms with Crippen LogP contribution in [0.5, 0.6) is 0 Å². The molecule has 0 saturated carbocycles. The molecule has 0 unspecified atom stereocenters. The molecule has 0 N–H and O–H groups in total. The minimum absolute atomic E-state index is 0.183. The summed E-state index contributed by atoms with van der Waals surface area (Å²) in [5.41, 5.74) is -0.669. The van der Waals surface area contributed by atoms with Crippen LogP contribution in [0.3, 0.4) is 0 Å². The number of hydrogen-bond donors (Lipinski definition) is 0. The van der Waals surface area contributed by atoms with Crippen molar-refractivity contribution in [2.24, 2.45) is 0 Å². The van der Waals surface area contributed by atoms with Gasteiger partial charge in [0.25, 0.3) is 8.32 Å². The van der Waals surface area contributed by atoms with Crippen molar-refractivity contribution < 1.29 is 22.4 Å². The van der Waals surface area contributed by atoms with Crippen molar-refractivity contribution in [2.45, 2.75) is 39.3 Å². The van der Waals surface area contributed by atoms with Gasteiger partial charge in [-0.25, -0.2) is 13.2 Å². The van der Waals surface area contributed by atoms with E-state index in [1.54, 1.807) is 0 Å².